The Hall–Kier alpha value is -2.07. The first-order valence-electron chi connectivity index (χ1n) is 9.15. The van der Waals surface area contributed by atoms with Crippen LogP contribution >= 0.6 is 11.8 Å². The number of aryl methyl sites for hydroxylation is 1. The summed E-state index contributed by atoms with van der Waals surface area (Å²) in [5.41, 5.74) is 4.16. The number of nitrogens with zero attached hydrogens (tertiary/aromatic N) is 3. The maximum atomic E-state index is 4.60. The van der Waals surface area contributed by atoms with Crippen molar-refractivity contribution in [3.63, 3.8) is 0 Å². The molecule has 1 unspecified atom stereocenters. The van der Waals surface area contributed by atoms with E-state index in [9.17, 15) is 0 Å². The Morgan fingerprint density at radius 1 is 0.880 bits per heavy atom. The fourth-order valence-electron chi connectivity index (χ4n) is 3.74. The van der Waals surface area contributed by atoms with E-state index in [0.29, 0.717) is 11.2 Å². The van der Waals surface area contributed by atoms with Gasteiger partial charge in [0.1, 0.15) is 5.82 Å². The predicted molar refractivity (Wildman–Crippen MR) is 101 cm³/mol. The molecule has 1 saturated carbocycles. The van der Waals surface area contributed by atoms with E-state index in [0.717, 1.165) is 11.0 Å². The van der Waals surface area contributed by atoms with Crippen molar-refractivity contribution in [2.75, 3.05) is 0 Å². The molecule has 2 aliphatic rings. The summed E-state index contributed by atoms with van der Waals surface area (Å²) >= 11 is 1.88. The van der Waals surface area contributed by atoms with Gasteiger partial charge in [-0.25, -0.2) is 0 Å². The molecule has 0 saturated heterocycles. The third kappa shape index (κ3) is 2.89. The van der Waals surface area contributed by atoms with Gasteiger partial charge in [0.05, 0.1) is 0 Å². The molecule has 2 aromatic carbocycles. The highest BCUT2D eigenvalue weighted by molar-refractivity contribution is 7.99. The van der Waals surface area contributed by atoms with Crippen LogP contribution in [0.3, 0.4) is 0 Å². The molecule has 1 fully saturated rings. The SMILES string of the molecule is c1ccc(-n2c(SC3CCCc4ccccc43)nnc2C2CC2)cc1. The van der Waals surface area contributed by atoms with Crippen LogP contribution in [0, 0.1) is 0 Å². The fourth-order valence-corrected chi connectivity index (χ4v) is 5.03. The van der Waals surface area contributed by atoms with Crippen molar-refractivity contribution in [1.82, 2.24) is 14.8 Å². The van der Waals surface area contributed by atoms with E-state index in [-0.39, 0.29) is 0 Å². The highest BCUT2D eigenvalue weighted by Crippen LogP contribution is 2.46. The zero-order valence-corrected chi connectivity index (χ0v) is 15.0. The number of fused-ring (bicyclic) bond motifs is 1. The van der Waals surface area contributed by atoms with Crippen molar-refractivity contribution in [2.24, 2.45) is 0 Å². The van der Waals surface area contributed by atoms with Gasteiger partial charge in [-0.1, -0.05) is 54.2 Å². The lowest BCUT2D eigenvalue weighted by atomic mass is 9.91. The number of benzene rings is 2. The highest BCUT2D eigenvalue weighted by Gasteiger charge is 2.32. The summed E-state index contributed by atoms with van der Waals surface area (Å²) in [7, 11) is 0. The van der Waals surface area contributed by atoms with Crippen molar-refractivity contribution >= 4 is 11.8 Å². The van der Waals surface area contributed by atoms with E-state index in [1.165, 1.54) is 48.9 Å². The van der Waals surface area contributed by atoms with Crippen LogP contribution in [0.15, 0.2) is 59.8 Å². The van der Waals surface area contributed by atoms with E-state index < -0.39 is 0 Å². The van der Waals surface area contributed by atoms with Gasteiger partial charge in [0.25, 0.3) is 0 Å². The number of para-hydroxylation sites is 1. The fraction of sp³-hybridized carbons (Fsp3) is 0.333. The monoisotopic (exact) mass is 347 g/mol. The molecule has 4 heteroatoms. The summed E-state index contributed by atoms with van der Waals surface area (Å²) < 4.78 is 2.29. The Morgan fingerprint density at radius 3 is 2.52 bits per heavy atom. The molecule has 3 nitrogen and oxygen atoms in total. The second-order valence-corrected chi connectivity index (χ2v) is 8.15. The van der Waals surface area contributed by atoms with Crippen molar-refractivity contribution in [3.8, 4) is 5.69 Å². The number of hydrogen-bond acceptors (Lipinski definition) is 3. The van der Waals surface area contributed by atoms with Gasteiger partial charge in [-0.2, -0.15) is 0 Å². The molecule has 3 aromatic rings. The normalized spacial score (nSPS) is 19.6. The topological polar surface area (TPSA) is 30.7 Å². The summed E-state index contributed by atoms with van der Waals surface area (Å²) in [4.78, 5) is 0. The van der Waals surface area contributed by atoms with E-state index in [1.807, 2.05) is 11.8 Å². The van der Waals surface area contributed by atoms with E-state index in [1.54, 1.807) is 0 Å². The second kappa shape index (κ2) is 6.34. The summed E-state index contributed by atoms with van der Waals surface area (Å²) in [5.74, 6) is 1.72. The summed E-state index contributed by atoms with van der Waals surface area (Å²) in [5, 5.41) is 10.7. The molecule has 0 amide bonds. The molecule has 1 atom stereocenters. The van der Waals surface area contributed by atoms with Gasteiger partial charge in [-0.3, -0.25) is 4.57 Å². The number of thioether (sulfide) groups is 1. The lowest BCUT2D eigenvalue weighted by Gasteiger charge is -2.24. The van der Waals surface area contributed by atoms with Crippen LogP contribution in [0.5, 0.6) is 0 Å². The summed E-state index contributed by atoms with van der Waals surface area (Å²) in [6, 6.07) is 19.5. The van der Waals surface area contributed by atoms with Crippen LogP contribution in [0.4, 0.5) is 0 Å². The lowest BCUT2D eigenvalue weighted by Crippen LogP contribution is -2.08. The van der Waals surface area contributed by atoms with Gasteiger partial charge < -0.3 is 0 Å². The molecule has 0 aliphatic heterocycles. The average molecular weight is 347 g/mol. The number of rotatable bonds is 4. The van der Waals surface area contributed by atoms with E-state index in [2.05, 4.69) is 69.4 Å². The van der Waals surface area contributed by atoms with Gasteiger partial charge in [0.15, 0.2) is 5.16 Å². The maximum Gasteiger partial charge on any atom is 0.196 e. The van der Waals surface area contributed by atoms with Crippen molar-refractivity contribution in [3.05, 3.63) is 71.5 Å². The van der Waals surface area contributed by atoms with Gasteiger partial charge in [-0.15, -0.1) is 10.2 Å². The average Bonchev–Trinajstić information content (AvgIpc) is 3.43. The molecule has 0 spiro atoms. The Labute approximate surface area is 152 Å². The third-order valence-electron chi connectivity index (χ3n) is 5.18. The molecule has 1 heterocycles. The minimum Gasteiger partial charge on any atom is -0.274 e. The van der Waals surface area contributed by atoms with E-state index in [4.69, 9.17) is 0 Å². The Balaban J connectivity index is 1.53. The van der Waals surface area contributed by atoms with Gasteiger partial charge in [-0.05, 0) is 55.4 Å². The zero-order valence-electron chi connectivity index (χ0n) is 14.1. The van der Waals surface area contributed by atoms with Crippen LogP contribution in [0.25, 0.3) is 5.69 Å². The Bertz CT molecular complexity index is 883. The number of hydrogen-bond donors (Lipinski definition) is 0. The first-order valence-corrected chi connectivity index (χ1v) is 10.0. The molecular weight excluding hydrogens is 326 g/mol. The van der Waals surface area contributed by atoms with Crippen LogP contribution < -0.4 is 0 Å². The van der Waals surface area contributed by atoms with Crippen LogP contribution in [-0.2, 0) is 6.42 Å². The first kappa shape index (κ1) is 15.2. The van der Waals surface area contributed by atoms with Crippen molar-refractivity contribution in [2.45, 2.75) is 48.4 Å². The molecule has 1 aromatic heterocycles. The minimum atomic E-state index is 0.476. The van der Waals surface area contributed by atoms with Gasteiger partial charge in [0, 0.05) is 16.9 Å². The van der Waals surface area contributed by atoms with Crippen molar-refractivity contribution < 1.29 is 0 Å². The molecule has 0 N–H and O–H groups in total. The Morgan fingerprint density at radius 2 is 1.68 bits per heavy atom. The molecular formula is C21H21N3S. The first-order chi connectivity index (χ1) is 12.4. The standard InChI is InChI=1S/C21H21N3S/c1-2-9-17(10-3-1)24-20(16-13-14-16)22-23-21(24)25-19-12-6-8-15-7-4-5-11-18(15)19/h1-5,7,9-11,16,19H,6,8,12-14H2. The molecule has 25 heavy (non-hydrogen) atoms. The molecule has 126 valence electrons. The second-order valence-electron chi connectivity index (χ2n) is 6.98. The minimum absolute atomic E-state index is 0.476. The van der Waals surface area contributed by atoms with Gasteiger partial charge >= 0.3 is 0 Å². The predicted octanol–water partition coefficient (Wildman–Crippen LogP) is 5.31. The zero-order chi connectivity index (χ0) is 16.6. The number of aromatic nitrogens is 3. The van der Waals surface area contributed by atoms with Gasteiger partial charge in [0.2, 0.25) is 0 Å². The van der Waals surface area contributed by atoms with Crippen molar-refractivity contribution in [1.29, 1.82) is 0 Å². The largest absolute Gasteiger partial charge is 0.274 e. The van der Waals surface area contributed by atoms with Crippen LogP contribution in [0.1, 0.15) is 53.8 Å². The van der Waals surface area contributed by atoms with Crippen LogP contribution in [-0.4, -0.2) is 14.8 Å². The summed E-state index contributed by atoms with van der Waals surface area (Å²) in [6.07, 6.45) is 6.14. The smallest absolute Gasteiger partial charge is 0.196 e. The quantitative estimate of drug-likeness (QED) is 0.640. The van der Waals surface area contributed by atoms with Crippen LogP contribution in [0.2, 0.25) is 0 Å². The molecule has 2 aliphatic carbocycles. The third-order valence-corrected chi connectivity index (χ3v) is 6.43. The highest BCUT2D eigenvalue weighted by atomic mass is 32.2. The Kier molecular flexibility index (Phi) is 3.86. The molecule has 0 bridgehead atoms. The summed E-state index contributed by atoms with van der Waals surface area (Å²) in [6.45, 7) is 0. The lowest BCUT2D eigenvalue weighted by molar-refractivity contribution is 0.670. The maximum absolute atomic E-state index is 4.60. The van der Waals surface area contributed by atoms with E-state index >= 15 is 0 Å². The molecule has 0 radical (unpaired) electrons. The molecule has 5 rings (SSSR count).